The first-order chi connectivity index (χ1) is 12.7. The van der Waals surface area contributed by atoms with E-state index in [1.165, 1.54) is 18.6 Å². The number of hydrogen-bond donors (Lipinski definition) is 0. The SMILES string of the molecule is COC(=O)C(C)Oc1ccc2c(c1)sc(=O)n2-c1ccc(C(F)(F)F)cn1. The average Bonchev–Trinajstić information content (AvgIpc) is 2.95. The van der Waals surface area contributed by atoms with Crippen LogP contribution >= 0.6 is 11.3 Å². The lowest BCUT2D eigenvalue weighted by atomic mass is 10.2. The van der Waals surface area contributed by atoms with E-state index in [1.54, 1.807) is 18.2 Å². The molecule has 0 aliphatic carbocycles. The van der Waals surface area contributed by atoms with Crippen molar-refractivity contribution < 1.29 is 27.4 Å². The number of esters is 1. The average molecular weight is 398 g/mol. The van der Waals surface area contributed by atoms with Crippen LogP contribution < -0.4 is 9.61 Å². The fraction of sp³-hybridized carbons (Fsp3) is 0.235. The molecule has 1 atom stereocenters. The van der Waals surface area contributed by atoms with Gasteiger partial charge in [0.1, 0.15) is 11.6 Å². The maximum Gasteiger partial charge on any atom is 0.417 e. The Morgan fingerprint density at radius 3 is 2.59 bits per heavy atom. The minimum atomic E-state index is -4.50. The first kappa shape index (κ1) is 18.9. The van der Waals surface area contributed by atoms with E-state index < -0.39 is 28.7 Å². The molecule has 3 aromatic rings. The van der Waals surface area contributed by atoms with Crippen molar-refractivity contribution >= 4 is 27.5 Å². The molecule has 0 amide bonds. The molecule has 0 saturated heterocycles. The van der Waals surface area contributed by atoms with Gasteiger partial charge in [0.05, 0.1) is 22.9 Å². The summed E-state index contributed by atoms with van der Waals surface area (Å²) in [6.07, 6.45) is -4.65. The molecule has 1 unspecified atom stereocenters. The summed E-state index contributed by atoms with van der Waals surface area (Å²) in [4.78, 5) is 27.1. The number of hydrogen-bond acceptors (Lipinski definition) is 6. The Hall–Kier alpha value is -2.88. The van der Waals surface area contributed by atoms with E-state index in [1.807, 2.05) is 0 Å². The lowest BCUT2D eigenvalue weighted by Gasteiger charge is -2.12. The van der Waals surface area contributed by atoms with Gasteiger partial charge in [-0.2, -0.15) is 13.2 Å². The third-order valence-electron chi connectivity index (χ3n) is 3.70. The van der Waals surface area contributed by atoms with Crippen molar-refractivity contribution in [3.63, 3.8) is 0 Å². The summed E-state index contributed by atoms with van der Waals surface area (Å²) >= 11 is 0.888. The topological polar surface area (TPSA) is 70.4 Å². The van der Waals surface area contributed by atoms with Gasteiger partial charge in [-0.1, -0.05) is 11.3 Å². The van der Waals surface area contributed by atoms with Crippen LogP contribution in [0.2, 0.25) is 0 Å². The van der Waals surface area contributed by atoms with Gasteiger partial charge in [-0.05, 0) is 37.3 Å². The maximum absolute atomic E-state index is 12.7. The van der Waals surface area contributed by atoms with Crippen molar-refractivity contribution in [3.05, 3.63) is 51.8 Å². The minimum Gasteiger partial charge on any atom is -0.479 e. The summed E-state index contributed by atoms with van der Waals surface area (Å²) in [6, 6.07) is 6.70. The second-order valence-corrected chi connectivity index (χ2v) is 6.51. The Morgan fingerprint density at radius 1 is 1.26 bits per heavy atom. The molecule has 0 N–H and O–H groups in total. The van der Waals surface area contributed by atoms with Gasteiger partial charge in [-0.3, -0.25) is 9.36 Å². The van der Waals surface area contributed by atoms with E-state index in [0.717, 1.165) is 23.5 Å². The molecule has 2 heterocycles. The highest BCUT2D eigenvalue weighted by Crippen LogP contribution is 2.30. The minimum absolute atomic E-state index is 0.0795. The smallest absolute Gasteiger partial charge is 0.417 e. The number of aromatic nitrogens is 2. The number of nitrogens with zero attached hydrogens (tertiary/aromatic N) is 2. The van der Waals surface area contributed by atoms with Crippen molar-refractivity contribution in [2.75, 3.05) is 7.11 Å². The quantitative estimate of drug-likeness (QED) is 0.630. The summed E-state index contributed by atoms with van der Waals surface area (Å²) < 4.78 is 49.8. The van der Waals surface area contributed by atoms with Crippen LogP contribution in [0.15, 0.2) is 41.3 Å². The zero-order valence-electron chi connectivity index (χ0n) is 14.1. The zero-order chi connectivity index (χ0) is 19.8. The maximum atomic E-state index is 12.7. The van der Waals surface area contributed by atoms with Crippen molar-refractivity contribution in [2.24, 2.45) is 0 Å². The first-order valence-electron chi connectivity index (χ1n) is 7.64. The van der Waals surface area contributed by atoms with E-state index >= 15 is 0 Å². The van der Waals surface area contributed by atoms with Gasteiger partial charge in [-0.15, -0.1) is 0 Å². The number of pyridine rings is 1. The van der Waals surface area contributed by atoms with Crippen molar-refractivity contribution in [1.82, 2.24) is 9.55 Å². The van der Waals surface area contributed by atoms with Crippen LogP contribution in [0.1, 0.15) is 12.5 Å². The zero-order valence-corrected chi connectivity index (χ0v) is 14.9. The molecule has 0 saturated carbocycles. The van der Waals surface area contributed by atoms with Crippen LogP contribution in [0.25, 0.3) is 16.0 Å². The van der Waals surface area contributed by atoms with Crippen LogP contribution in [0.5, 0.6) is 5.75 Å². The Balaban J connectivity index is 1.97. The lowest BCUT2D eigenvalue weighted by Crippen LogP contribution is -2.24. The largest absolute Gasteiger partial charge is 0.479 e. The van der Waals surface area contributed by atoms with Gasteiger partial charge in [0, 0.05) is 6.20 Å². The molecule has 0 aliphatic rings. The molecule has 1 aromatic carbocycles. The van der Waals surface area contributed by atoms with E-state index in [-0.39, 0.29) is 5.82 Å². The Kier molecular flexibility index (Phi) is 4.92. The molecule has 0 aliphatic heterocycles. The second kappa shape index (κ2) is 7.03. The number of carbonyl (C=O) groups is 1. The molecule has 6 nitrogen and oxygen atoms in total. The first-order valence-corrected chi connectivity index (χ1v) is 8.46. The number of alkyl halides is 3. The van der Waals surface area contributed by atoms with Crippen molar-refractivity contribution in [3.8, 4) is 11.6 Å². The van der Waals surface area contributed by atoms with Gasteiger partial charge in [0.15, 0.2) is 6.10 Å². The fourth-order valence-corrected chi connectivity index (χ4v) is 3.30. The Bertz CT molecular complexity index is 1040. The molecule has 2 aromatic heterocycles. The van der Waals surface area contributed by atoms with Crippen LogP contribution in [-0.2, 0) is 15.7 Å². The molecular weight excluding hydrogens is 385 g/mol. The third kappa shape index (κ3) is 3.80. The van der Waals surface area contributed by atoms with Gasteiger partial charge in [0.25, 0.3) is 0 Å². The summed E-state index contributed by atoms with van der Waals surface area (Å²) in [5.41, 5.74) is -0.429. The third-order valence-corrected chi connectivity index (χ3v) is 4.61. The molecular formula is C17H13F3N2O4S. The van der Waals surface area contributed by atoms with Gasteiger partial charge in [0.2, 0.25) is 0 Å². The molecule has 27 heavy (non-hydrogen) atoms. The predicted octanol–water partition coefficient (Wildman–Crippen LogP) is 3.41. The summed E-state index contributed by atoms with van der Waals surface area (Å²) in [5, 5.41) is 0. The Labute approximate surface area is 154 Å². The summed E-state index contributed by atoms with van der Waals surface area (Å²) in [6.45, 7) is 1.52. The van der Waals surface area contributed by atoms with Crippen LogP contribution in [0, 0.1) is 0 Å². The van der Waals surface area contributed by atoms with Crippen LogP contribution in [0.4, 0.5) is 13.2 Å². The molecule has 0 bridgehead atoms. The van der Waals surface area contributed by atoms with E-state index in [4.69, 9.17) is 4.74 Å². The molecule has 10 heteroatoms. The Morgan fingerprint density at radius 2 is 2.00 bits per heavy atom. The number of rotatable bonds is 4. The predicted molar refractivity (Wildman–Crippen MR) is 92.3 cm³/mol. The van der Waals surface area contributed by atoms with E-state index in [2.05, 4.69) is 9.72 Å². The van der Waals surface area contributed by atoms with Crippen LogP contribution in [0.3, 0.4) is 0 Å². The fourth-order valence-electron chi connectivity index (χ4n) is 2.39. The highest BCUT2D eigenvalue weighted by atomic mass is 32.1. The number of benzene rings is 1. The van der Waals surface area contributed by atoms with Crippen molar-refractivity contribution in [1.29, 1.82) is 0 Å². The molecule has 0 radical (unpaired) electrons. The van der Waals surface area contributed by atoms with E-state index in [9.17, 15) is 22.8 Å². The molecule has 142 valence electrons. The normalized spacial score (nSPS) is 12.8. The number of carbonyl (C=O) groups excluding carboxylic acids is 1. The second-order valence-electron chi connectivity index (χ2n) is 5.52. The number of methoxy groups -OCH3 is 1. The molecule has 0 spiro atoms. The van der Waals surface area contributed by atoms with Gasteiger partial charge < -0.3 is 9.47 Å². The highest BCUT2D eigenvalue weighted by molar-refractivity contribution is 7.16. The summed E-state index contributed by atoms with van der Waals surface area (Å²) in [5.74, 6) is -0.111. The number of halogens is 3. The van der Waals surface area contributed by atoms with Crippen molar-refractivity contribution in [2.45, 2.75) is 19.2 Å². The van der Waals surface area contributed by atoms with E-state index in [0.29, 0.717) is 22.2 Å². The number of ether oxygens (including phenoxy) is 2. The van der Waals surface area contributed by atoms with Gasteiger partial charge >= 0.3 is 17.0 Å². The highest BCUT2D eigenvalue weighted by Gasteiger charge is 2.30. The van der Waals surface area contributed by atoms with Crippen LogP contribution in [-0.4, -0.2) is 28.7 Å². The standard InChI is InChI=1S/C17H13F3N2O4S/c1-9(15(23)25-2)26-11-4-5-12-13(7-11)27-16(24)22(12)14-6-3-10(8-21-14)17(18,19)20/h3-9H,1-2H3. The number of thiazole rings is 1. The van der Waals surface area contributed by atoms with Gasteiger partial charge in [-0.25, -0.2) is 9.78 Å². The monoisotopic (exact) mass is 398 g/mol. The molecule has 0 fully saturated rings. The summed E-state index contributed by atoms with van der Waals surface area (Å²) in [7, 11) is 1.24. The number of fused-ring (bicyclic) bond motifs is 1. The lowest BCUT2D eigenvalue weighted by molar-refractivity contribution is -0.147. The molecule has 3 rings (SSSR count).